The van der Waals surface area contributed by atoms with Crippen molar-refractivity contribution in [3.05, 3.63) is 58.6 Å². The van der Waals surface area contributed by atoms with Crippen LogP contribution in [0.2, 0.25) is 0 Å². The Labute approximate surface area is 129 Å². The third-order valence-corrected chi connectivity index (χ3v) is 4.42. The van der Waals surface area contributed by atoms with Gasteiger partial charge in [-0.2, -0.15) is 0 Å². The van der Waals surface area contributed by atoms with Crippen molar-refractivity contribution >= 4 is 5.82 Å². The summed E-state index contributed by atoms with van der Waals surface area (Å²) in [6.07, 6.45) is 5.41. The van der Waals surface area contributed by atoms with Gasteiger partial charge in [-0.25, -0.2) is 4.98 Å². The van der Waals surface area contributed by atoms with Crippen molar-refractivity contribution < 1.29 is 5.11 Å². The van der Waals surface area contributed by atoms with Gasteiger partial charge < -0.3 is 14.6 Å². The third-order valence-electron chi connectivity index (χ3n) is 4.42. The van der Waals surface area contributed by atoms with Gasteiger partial charge in [-0.15, -0.1) is 0 Å². The van der Waals surface area contributed by atoms with Gasteiger partial charge in [0.1, 0.15) is 0 Å². The molecule has 0 unspecified atom stereocenters. The van der Waals surface area contributed by atoms with Crippen LogP contribution >= 0.6 is 0 Å². The van der Waals surface area contributed by atoms with E-state index in [0.717, 1.165) is 18.5 Å². The van der Waals surface area contributed by atoms with E-state index in [9.17, 15) is 9.90 Å². The van der Waals surface area contributed by atoms with E-state index >= 15 is 0 Å². The highest BCUT2D eigenvalue weighted by Crippen LogP contribution is 2.33. The van der Waals surface area contributed by atoms with Crippen LogP contribution in [0.25, 0.3) is 0 Å². The minimum Gasteiger partial charge on any atom is -0.385 e. The first kappa shape index (κ1) is 14.8. The summed E-state index contributed by atoms with van der Waals surface area (Å²) in [5.74, 6) is 0.474. The van der Waals surface area contributed by atoms with Gasteiger partial charge in [0.25, 0.3) is 5.56 Å². The zero-order chi connectivity index (χ0) is 15.6. The van der Waals surface area contributed by atoms with Crippen molar-refractivity contribution in [3.63, 3.8) is 0 Å². The summed E-state index contributed by atoms with van der Waals surface area (Å²) < 4.78 is 1.54. The molecule has 3 rings (SSSR count). The number of aliphatic hydroxyl groups is 1. The Morgan fingerprint density at radius 2 is 1.95 bits per heavy atom. The van der Waals surface area contributed by atoms with Gasteiger partial charge in [0.2, 0.25) is 0 Å². The van der Waals surface area contributed by atoms with Crippen molar-refractivity contribution in [2.75, 3.05) is 18.0 Å². The zero-order valence-electron chi connectivity index (χ0n) is 12.8. The Morgan fingerprint density at radius 3 is 2.73 bits per heavy atom. The molecule has 2 aromatic rings. The van der Waals surface area contributed by atoms with Crippen LogP contribution in [0.1, 0.15) is 24.8 Å². The lowest BCUT2D eigenvalue weighted by molar-refractivity contribution is 0.0244. The summed E-state index contributed by atoms with van der Waals surface area (Å²) in [5, 5.41) is 11.0. The molecule has 0 bridgehead atoms. The average Bonchev–Trinajstić information content (AvgIpc) is 2.74. The molecule has 2 heterocycles. The summed E-state index contributed by atoms with van der Waals surface area (Å²) in [6.45, 7) is 1.36. The molecule has 0 radical (unpaired) electrons. The maximum Gasteiger partial charge on any atom is 0.293 e. The van der Waals surface area contributed by atoms with Gasteiger partial charge in [-0.1, -0.05) is 30.3 Å². The maximum atomic E-state index is 12.2. The molecule has 116 valence electrons. The van der Waals surface area contributed by atoms with E-state index in [0.29, 0.717) is 25.2 Å². The van der Waals surface area contributed by atoms with E-state index in [1.165, 1.54) is 4.57 Å². The fraction of sp³-hybridized carbons (Fsp3) is 0.412. The summed E-state index contributed by atoms with van der Waals surface area (Å²) in [6, 6.07) is 9.79. The van der Waals surface area contributed by atoms with E-state index in [1.807, 2.05) is 35.2 Å². The van der Waals surface area contributed by atoms with Crippen LogP contribution < -0.4 is 10.5 Å². The minimum absolute atomic E-state index is 0.0901. The Morgan fingerprint density at radius 1 is 1.18 bits per heavy atom. The smallest absolute Gasteiger partial charge is 0.293 e. The van der Waals surface area contributed by atoms with Crippen LogP contribution in [-0.2, 0) is 12.6 Å². The first-order valence-corrected chi connectivity index (χ1v) is 7.65. The Bertz CT molecular complexity index is 699. The molecule has 1 aromatic carbocycles. The van der Waals surface area contributed by atoms with Gasteiger partial charge in [0.05, 0.1) is 5.60 Å². The number of anilines is 1. The summed E-state index contributed by atoms with van der Waals surface area (Å²) in [4.78, 5) is 18.4. The number of nitrogens with zero attached hydrogens (tertiary/aromatic N) is 3. The van der Waals surface area contributed by atoms with Crippen LogP contribution in [0.4, 0.5) is 5.82 Å². The van der Waals surface area contributed by atoms with E-state index in [2.05, 4.69) is 4.98 Å². The molecule has 1 saturated heterocycles. The van der Waals surface area contributed by atoms with Gasteiger partial charge in [-0.3, -0.25) is 4.79 Å². The van der Waals surface area contributed by atoms with Crippen molar-refractivity contribution in [1.82, 2.24) is 9.55 Å². The topological polar surface area (TPSA) is 58.4 Å². The lowest BCUT2D eigenvalue weighted by atomic mass is 9.87. The van der Waals surface area contributed by atoms with Crippen molar-refractivity contribution in [2.45, 2.75) is 24.9 Å². The molecular formula is C17H21N3O2. The number of rotatable bonds is 2. The predicted octanol–water partition coefficient (Wildman–Crippen LogP) is 1.66. The fourth-order valence-electron chi connectivity index (χ4n) is 3.07. The fourth-order valence-corrected chi connectivity index (χ4v) is 3.07. The monoisotopic (exact) mass is 299 g/mol. The molecule has 0 spiro atoms. The first-order chi connectivity index (χ1) is 10.6. The maximum absolute atomic E-state index is 12.2. The van der Waals surface area contributed by atoms with E-state index in [4.69, 9.17) is 0 Å². The van der Waals surface area contributed by atoms with Crippen LogP contribution in [0.15, 0.2) is 47.5 Å². The normalized spacial score (nSPS) is 22.4. The molecule has 1 atom stereocenters. The molecule has 0 saturated carbocycles. The highest BCUT2D eigenvalue weighted by Gasteiger charge is 2.32. The highest BCUT2D eigenvalue weighted by atomic mass is 16.3. The Kier molecular flexibility index (Phi) is 3.98. The molecule has 1 aromatic heterocycles. The third kappa shape index (κ3) is 2.76. The van der Waals surface area contributed by atoms with E-state index in [-0.39, 0.29) is 5.56 Å². The number of aromatic nitrogens is 2. The molecule has 0 amide bonds. The van der Waals surface area contributed by atoms with Gasteiger partial charge in [0.15, 0.2) is 5.82 Å². The minimum atomic E-state index is -0.823. The van der Waals surface area contributed by atoms with Crippen LogP contribution in [0, 0.1) is 0 Å². The summed E-state index contributed by atoms with van der Waals surface area (Å²) >= 11 is 0. The molecule has 1 N–H and O–H groups in total. The lowest BCUT2D eigenvalue weighted by Crippen LogP contribution is -2.34. The standard InChI is InChI=1S/C17H21N3O2/c1-19-13-10-18-15(16(19)21)20-11-5-8-17(22,9-12-20)14-6-3-2-4-7-14/h2-4,6-7,10,13,22H,5,8-9,11-12H2,1H3/t17-/m1/s1. The summed E-state index contributed by atoms with van der Waals surface area (Å²) in [7, 11) is 1.73. The van der Waals surface area contributed by atoms with Crippen LogP contribution in [0.5, 0.6) is 0 Å². The summed E-state index contributed by atoms with van der Waals surface area (Å²) in [5.41, 5.74) is 0.0363. The van der Waals surface area contributed by atoms with E-state index in [1.54, 1.807) is 19.4 Å². The van der Waals surface area contributed by atoms with Gasteiger partial charge >= 0.3 is 0 Å². The largest absolute Gasteiger partial charge is 0.385 e. The SMILES string of the molecule is Cn1ccnc(N2CCC[C@](O)(c3ccccc3)CC2)c1=O. The van der Waals surface area contributed by atoms with Crippen LogP contribution in [-0.4, -0.2) is 27.7 Å². The Balaban J connectivity index is 1.83. The molecule has 22 heavy (non-hydrogen) atoms. The average molecular weight is 299 g/mol. The predicted molar refractivity (Wildman–Crippen MR) is 85.9 cm³/mol. The van der Waals surface area contributed by atoms with Gasteiger partial charge in [0, 0.05) is 32.5 Å². The second-order valence-corrected chi connectivity index (χ2v) is 5.91. The van der Waals surface area contributed by atoms with E-state index < -0.39 is 5.60 Å². The highest BCUT2D eigenvalue weighted by molar-refractivity contribution is 5.36. The molecule has 5 heteroatoms. The second kappa shape index (κ2) is 5.93. The number of aryl methyl sites for hydroxylation is 1. The molecule has 1 aliphatic heterocycles. The molecule has 1 fully saturated rings. The molecule has 5 nitrogen and oxygen atoms in total. The zero-order valence-corrected chi connectivity index (χ0v) is 12.8. The van der Waals surface area contributed by atoms with Crippen molar-refractivity contribution in [1.29, 1.82) is 0 Å². The van der Waals surface area contributed by atoms with Crippen LogP contribution in [0.3, 0.4) is 0 Å². The number of benzene rings is 1. The second-order valence-electron chi connectivity index (χ2n) is 5.91. The molecular weight excluding hydrogens is 278 g/mol. The molecule has 0 aliphatic carbocycles. The van der Waals surface area contributed by atoms with Crippen molar-refractivity contribution in [2.24, 2.45) is 7.05 Å². The molecule has 1 aliphatic rings. The first-order valence-electron chi connectivity index (χ1n) is 7.65. The van der Waals surface area contributed by atoms with Crippen molar-refractivity contribution in [3.8, 4) is 0 Å². The number of hydrogen-bond donors (Lipinski definition) is 1. The van der Waals surface area contributed by atoms with Gasteiger partial charge in [-0.05, 0) is 24.8 Å². The number of hydrogen-bond acceptors (Lipinski definition) is 4. The Hall–Kier alpha value is -2.14. The quantitative estimate of drug-likeness (QED) is 0.916. The lowest BCUT2D eigenvalue weighted by Gasteiger charge is -2.27.